The number of hydrogen-bond acceptors (Lipinski definition) is 7. The Hall–Kier alpha value is -3.42. The molecule has 8 heteroatoms. The number of nitro groups is 1. The molecule has 3 rings (SSSR count). The lowest BCUT2D eigenvalue weighted by atomic mass is 10.2. The summed E-state index contributed by atoms with van der Waals surface area (Å²) in [7, 11) is 3.08. The number of nitro benzene ring substituents is 1. The van der Waals surface area contributed by atoms with Gasteiger partial charge in [0, 0.05) is 23.2 Å². The number of fused-ring (bicyclic) bond motifs is 1. The van der Waals surface area contributed by atoms with Crippen molar-refractivity contribution in [3.8, 4) is 11.5 Å². The zero-order valence-electron chi connectivity index (χ0n) is 13.0. The highest BCUT2D eigenvalue weighted by Gasteiger charge is 2.14. The fraction of sp³-hybridized carbons (Fsp3) is 0.125. The lowest BCUT2D eigenvalue weighted by molar-refractivity contribution is -0.384. The van der Waals surface area contributed by atoms with Crippen LogP contribution in [0.2, 0.25) is 0 Å². The first-order chi connectivity index (χ1) is 11.6. The molecule has 0 spiro atoms. The number of anilines is 2. The van der Waals surface area contributed by atoms with E-state index >= 15 is 0 Å². The number of ether oxygens (including phenoxy) is 2. The Morgan fingerprint density at radius 1 is 1.12 bits per heavy atom. The number of nitrogens with zero attached hydrogens (tertiary/aromatic N) is 3. The predicted octanol–water partition coefficient (Wildman–Crippen LogP) is 3.30. The third-order valence-electron chi connectivity index (χ3n) is 3.47. The van der Waals surface area contributed by atoms with Crippen LogP contribution in [0.15, 0.2) is 42.7 Å². The van der Waals surface area contributed by atoms with E-state index in [-0.39, 0.29) is 5.69 Å². The molecule has 0 radical (unpaired) electrons. The molecule has 8 nitrogen and oxygen atoms in total. The Morgan fingerprint density at radius 3 is 2.67 bits per heavy atom. The van der Waals surface area contributed by atoms with Gasteiger partial charge in [-0.1, -0.05) is 6.07 Å². The number of hydrogen-bond donors (Lipinski definition) is 1. The Morgan fingerprint density at radius 2 is 1.96 bits per heavy atom. The first kappa shape index (κ1) is 15.5. The molecular formula is C16H14N4O4. The van der Waals surface area contributed by atoms with Gasteiger partial charge in [0.2, 0.25) is 0 Å². The molecule has 0 fully saturated rings. The van der Waals surface area contributed by atoms with Crippen molar-refractivity contribution < 1.29 is 14.4 Å². The van der Waals surface area contributed by atoms with Crippen molar-refractivity contribution >= 4 is 28.1 Å². The molecule has 0 aliphatic carbocycles. The standard InChI is InChI=1S/C16H14N4O4/c1-23-13-7-6-12-14(15(13)24-2)17-9-18-16(12)19-10-4-3-5-11(8-10)20(21)22/h3-9H,1-2H3,(H,17,18,19). The maximum Gasteiger partial charge on any atom is 0.271 e. The number of aromatic nitrogens is 2. The average molecular weight is 326 g/mol. The maximum atomic E-state index is 10.9. The SMILES string of the molecule is COc1ccc2c(Nc3cccc([N+](=O)[O-])c3)ncnc2c1OC. The molecule has 0 unspecified atom stereocenters. The van der Waals surface area contributed by atoms with E-state index in [9.17, 15) is 10.1 Å². The van der Waals surface area contributed by atoms with Crippen molar-refractivity contribution in [2.75, 3.05) is 19.5 Å². The highest BCUT2D eigenvalue weighted by Crippen LogP contribution is 2.36. The molecule has 0 atom stereocenters. The Labute approximate surface area is 137 Å². The van der Waals surface area contributed by atoms with Gasteiger partial charge in [0.15, 0.2) is 11.5 Å². The normalized spacial score (nSPS) is 10.4. The van der Waals surface area contributed by atoms with E-state index in [1.54, 1.807) is 31.4 Å². The van der Waals surface area contributed by atoms with Gasteiger partial charge in [-0.05, 0) is 18.2 Å². The van der Waals surface area contributed by atoms with Crippen LogP contribution in [0.5, 0.6) is 11.5 Å². The third-order valence-corrected chi connectivity index (χ3v) is 3.47. The molecule has 1 N–H and O–H groups in total. The molecule has 1 aromatic heterocycles. The molecule has 0 saturated heterocycles. The van der Waals surface area contributed by atoms with Gasteiger partial charge in [-0.25, -0.2) is 9.97 Å². The van der Waals surface area contributed by atoms with Gasteiger partial charge in [0.25, 0.3) is 5.69 Å². The van der Waals surface area contributed by atoms with Gasteiger partial charge in [-0.2, -0.15) is 0 Å². The minimum absolute atomic E-state index is 0.00221. The summed E-state index contributed by atoms with van der Waals surface area (Å²) in [4.78, 5) is 18.9. The van der Waals surface area contributed by atoms with Crippen molar-refractivity contribution in [2.24, 2.45) is 0 Å². The second kappa shape index (κ2) is 6.37. The van der Waals surface area contributed by atoms with Crippen LogP contribution in [0.1, 0.15) is 0 Å². The van der Waals surface area contributed by atoms with Gasteiger partial charge in [-0.3, -0.25) is 10.1 Å². The largest absolute Gasteiger partial charge is 0.493 e. The smallest absolute Gasteiger partial charge is 0.271 e. The van der Waals surface area contributed by atoms with Crippen molar-refractivity contribution in [1.82, 2.24) is 9.97 Å². The molecule has 122 valence electrons. The summed E-state index contributed by atoms with van der Waals surface area (Å²) < 4.78 is 10.6. The van der Waals surface area contributed by atoms with Crippen molar-refractivity contribution in [2.45, 2.75) is 0 Å². The molecule has 24 heavy (non-hydrogen) atoms. The van der Waals surface area contributed by atoms with Crippen LogP contribution in [0.4, 0.5) is 17.2 Å². The van der Waals surface area contributed by atoms with E-state index in [0.717, 1.165) is 0 Å². The van der Waals surface area contributed by atoms with E-state index in [2.05, 4.69) is 15.3 Å². The average Bonchev–Trinajstić information content (AvgIpc) is 2.61. The first-order valence-electron chi connectivity index (χ1n) is 7.01. The maximum absolute atomic E-state index is 10.9. The van der Waals surface area contributed by atoms with Crippen LogP contribution < -0.4 is 14.8 Å². The van der Waals surface area contributed by atoms with Crippen molar-refractivity contribution in [3.05, 3.63) is 52.8 Å². The fourth-order valence-corrected chi connectivity index (χ4v) is 2.38. The van der Waals surface area contributed by atoms with Crippen LogP contribution in [0.25, 0.3) is 10.9 Å². The van der Waals surface area contributed by atoms with Crippen molar-refractivity contribution in [1.29, 1.82) is 0 Å². The number of benzene rings is 2. The van der Waals surface area contributed by atoms with Gasteiger partial charge in [-0.15, -0.1) is 0 Å². The van der Waals surface area contributed by atoms with Gasteiger partial charge < -0.3 is 14.8 Å². The lowest BCUT2D eigenvalue weighted by Crippen LogP contribution is -1.99. The second-order valence-corrected chi connectivity index (χ2v) is 4.85. The topological polar surface area (TPSA) is 99.4 Å². The van der Waals surface area contributed by atoms with Gasteiger partial charge >= 0.3 is 0 Å². The van der Waals surface area contributed by atoms with Crippen LogP contribution in [-0.2, 0) is 0 Å². The summed E-state index contributed by atoms with van der Waals surface area (Å²) in [6.45, 7) is 0. The first-order valence-corrected chi connectivity index (χ1v) is 7.01. The van der Waals surface area contributed by atoms with Crippen LogP contribution in [0.3, 0.4) is 0 Å². The minimum atomic E-state index is -0.447. The molecule has 0 amide bonds. The summed E-state index contributed by atoms with van der Waals surface area (Å²) in [6, 6.07) is 9.75. The van der Waals surface area contributed by atoms with E-state index in [1.807, 2.05) is 0 Å². The predicted molar refractivity (Wildman–Crippen MR) is 89.0 cm³/mol. The molecule has 3 aromatic rings. The minimum Gasteiger partial charge on any atom is -0.493 e. The van der Waals surface area contributed by atoms with E-state index < -0.39 is 4.92 Å². The summed E-state index contributed by atoms with van der Waals surface area (Å²) >= 11 is 0. The third kappa shape index (κ3) is 2.76. The fourth-order valence-electron chi connectivity index (χ4n) is 2.38. The Balaban J connectivity index is 2.07. The summed E-state index contributed by atoms with van der Waals surface area (Å²) in [5.74, 6) is 1.57. The van der Waals surface area contributed by atoms with E-state index in [4.69, 9.17) is 9.47 Å². The van der Waals surface area contributed by atoms with Crippen LogP contribution >= 0.6 is 0 Å². The molecule has 0 aliphatic rings. The lowest BCUT2D eigenvalue weighted by Gasteiger charge is -2.12. The van der Waals surface area contributed by atoms with Gasteiger partial charge in [0.05, 0.1) is 19.1 Å². The molecule has 2 aromatic carbocycles. The molecule has 1 heterocycles. The van der Waals surface area contributed by atoms with Crippen LogP contribution in [0, 0.1) is 10.1 Å². The summed E-state index contributed by atoms with van der Waals surface area (Å²) in [6.07, 6.45) is 1.39. The number of non-ortho nitro benzene ring substituents is 1. The number of rotatable bonds is 5. The van der Waals surface area contributed by atoms with E-state index in [1.165, 1.54) is 25.6 Å². The molecular weight excluding hydrogens is 312 g/mol. The number of nitrogens with one attached hydrogen (secondary N) is 1. The Bertz CT molecular complexity index is 914. The molecule has 0 bridgehead atoms. The zero-order chi connectivity index (χ0) is 17.1. The monoisotopic (exact) mass is 326 g/mol. The van der Waals surface area contributed by atoms with Crippen LogP contribution in [-0.4, -0.2) is 29.1 Å². The highest BCUT2D eigenvalue weighted by atomic mass is 16.6. The van der Waals surface area contributed by atoms with E-state index in [0.29, 0.717) is 33.9 Å². The molecule has 0 aliphatic heterocycles. The summed E-state index contributed by atoms with van der Waals surface area (Å²) in [5.41, 5.74) is 1.14. The number of methoxy groups -OCH3 is 2. The van der Waals surface area contributed by atoms with Gasteiger partial charge in [0.1, 0.15) is 17.7 Å². The molecule has 0 saturated carbocycles. The quantitative estimate of drug-likeness (QED) is 0.567. The van der Waals surface area contributed by atoms with Crippen molar-refractivity contribution in [3.63, 3.8) is 0 Å². The second-order valence-electron chi connectivity index (χ2n) is 4.85. The highest BCUT2D eigenvalue weighted by molar-refractivity contribution is 5.95. The summed E-state index contributed by atoms with van der Waals surface area (Å²) in [5, 5.41) is 14.7. The zero-order valence-corrected chi connectivity index (χ0v) is 13.0. The Kier molecular flexibility index (Phi) is 4.11.